The maximum absolute atomic E-state index is 13.0. The Morgan fingerprint density at radius 2 is 2.06 bits per heavy atom. The number of nitrogens with one attached hydrogen (secondary N) is 1. The summed E-state index contributed by atoms with van der Waals surface area (Å²) in [5, 5.41) is 12.3. The Hall–Kier alpha value is -3.36. The Morgan fingerprint density at radius 1 is 1.32 bits per heavy atom. The standard InChI is InChI=1S/C22H27N5O4/c1-22(2)12-27(14-6-5-7-14)18-16(26(3)20(22)30)11-23-21(25-18)24-15-9-8-13(19(28)29)10-17(15)31-4/h8-11,14H,5-7,12H2,1-4H3,(H,28,29)(H,23,24,25). The third-order valence-electron chi connectivity index (χ3n) is 6.04. The van der Waals surface area contributed by atoms with Crippen LogP contribution in [-0.2, 0) is 4.79 Å². The topological polar surface area (TPSA) is 108 Å². The summed E-state index contributed by atoms with van der Waals surface area (Å²) in [6.45, 7) is 4.51. The van der Waals surface area contributed by atoms with Crippen LogP contribution in [0.4, 0.5) is 23.1 Å². The molecule has 1 amide bonds. The van der Waals surface area contributed by atoms with E-state index in [2.05, 4.69) is 15.2 Å². The van der Waals surface area contributed by atoms with E-state index in [-0.39, 0.29) is 11.5 Å². The SMILES string of the molecule is COc1cc(C(=O)O)ccc1Nc1ncc2c(n1)N(C1CCC1)CC(C)(C)C(=O)N2C. The predicted octanol–water partition coefficient (Wildman–Crippen LogP) is 3.29. The van der Waals surface area contributed by atoms with Crippen molar-refractivity contribution in [1.29, 1.82) is 0 Å². The van der Waals surface area contributed by atoms with E-state index in [1.807, 2.05) is 13.8 Å². The van der Waals surface area contributed by atoms with E-state index in [9.17, 15) is 14.7 Å². The van der Waals surface area contributed by atoms with Crippen molar-refractivity contribution in [2.75, 3.05) is 35.8 Å². The number of carboxylic acids is 1. The molecule has 0 unspecified atom stereocenters. The fourth-order valence-electron chi connectivity index (χ4n) is 4.05. The Morgan fingerprint density at radius 3 is 2.68 bits per heavy atom. The molecule has 0 bridgehead atoms. The molecule has 1 fully saturated rings. The second-order valence-electron chi connectivity index (χ2n) is 8.71. The van der Waals surface area contributed by atoms with Crippen molar-refractivity contribution in [3.05, 3.63) is 30.0 Å². The van der Waals surface area contributed by atoms with Gasteiger partial charge in [-0.25, -0.2) is 9.78 Å². The molecule has 1 aromatic carbocycles. The Bertz CT molecular complexity index is 1030. The van der Waals surface area contributed by atoms with Crippen molar-refractivity contribution < 1.29 is 19.4 Å². The quantitative estimate of drug-likeness (QED) is 0.751. The fourth-order valence-corrected chi connectivity index (χ4v) is 4.05. The minimum Gasteiger partial charge on any atom is -0.495 e. The molecular weight excluding hydrogens is 398 g/mol. The summed E-state index contributed by atoms with van der Waals surface area (Å²) < 4.78 is 5.34. The van der Waals surface area contributed by atoms with Gasteiger partial charge in [0.15, 0.2) is 5.82 Å². The molecule has 0 atom stereocenters. The minimum atomic E-state index is -1.03. The van der Waals surface area contributed by atoms with Crippen LogP contribution in [0.25, 0.3) is 0 Å². The Kier molecular flexibility index (Phi) is 5.20. The van der Waals surface area contributed by atoms with Crippen LogP contribution in [0.2, 0.25) is 0 Å². The third kappa shape index (κ3) is 3.75. The van der Waals surface area contributed by atoms with E-state index in [4.69, 9.17) is 9.72 Å². The molecule has 1 aliphatic heterocycles. The van der Waals surface area contributed by atoms with Crippen molar-refractivity contribution in [3.63, 3.8) is 0 Å². The van der Waals surface area contributed by atoms with Gasteiger partial charge in [0.25, 0.3) is 0 Å². The second-order valence-corrected chi connectivity index (χ2v) is 8.71. The highest BCUT2D eigenvalue weighted by atomic mass is 16.5. The van der Waals surface area contributed by atoms with Gasteiger partial charge in [-0.3, -0.25) is 4.79 Å². The number of amides is 1. The molecule has 0 spiro atoms. The number of carbonyl (C=O) groups is 2. The number of carboxylic acid groups (broad SMARTS) is 1. The first kappa shape index (κ1) is 20.9. The van der Waals surface area contributed by atoms with E-state index in [1.54, 1.807) is 24.2 Å². The van der Waals surface area contributed by atoms with Crippen LogP contribution in [-0.4, -0.2) is 53.7 Å². The summed E-state index contributed by atoms with van der Waals surface area (Å²) in [6, 6.07) is 4.92. The lowest BCUT2D eigenvalue weighted by Crippen LogP contribution is -2.48. The van der Waals surface area contributed by atoms with Gasteiger partial charge < -0.3 is 25.0 Å². The first-order valence-corrected chi connectivity index (χ1v) is 10.3. The van der Waals surface area contributed by atoms with Gasteiger partial charge in [-0.2, -0.15) is 4.98 Å². The molecule has 2 aliphatic rings. The third-order valence-corrected chi connectivity index (χ3v) is 6.04. The average Bonchev–Trinajstić information content (AvgIpc) is 2.76. The molecule has 4 rings (SSSR count). The molecule has 0 radical (unpaired) electrons. The molecule has 0 saturated heterocycles. The van der Waals surface area contributed by atoms with Crippen LogP contribution in [0.1, 0.15) is 43.5 Å². The number of aromatic carboxylic acids is 1. The summed E-state index contributed by atoms with van der Waals surface area (Å²) >= 11 is 0. The lowest BCUT2D eigenvalue weighted by Gasteiger charge is -2.40. The van der Waals surface area contributed by atoms with Crippen molar-refractivity contribution >= 4 is 35.0 Å². The first-order valence-electron chi connectivity index (χ1n) is 10.3. The number of rotatable bonds is 5. The zero-order chi connectivity index (χ0) is 22.3. The highest BCUT2D eigenvalue weighted by Crippen LogP contribution is 2.41. The van der Waals surface area contributed by atoms with Crippen LogP contribution in [0, 0.1) is 5.41 Å². The van der Waals surface area contributed by atoms with Gasteiger partial charge in [0.1, 0.15) is 11.4 Å². The highest BCUT2D eigenvalue weighted by molar-refractivity contribution is 6.01. The molecule has 1 aliphatic carbocycles. The van der Waals surface area contributed by atoms with Gasteiger partial charge in [0, 0.05) is 19.6 Å². The number of hydrogen-bond donors (Lipinski definition) is 2. The fraction of sp³-hybridized carbons (Fsp3) is 0.455. The molecule has 9 nitrogen and oxygen atoms in total. The molecule has 31 heavy (non-hydrogen) atoms. The number of aromatic nitrogens is 2. The van der Waals surface area contributed by atoms with E-state index in [0.29, 0.717) is 35.7 Å². The molecule has 9 heteroatoms. The van der Waals surface area contributed by atoms with Gasteiger partial charge in [0.2, 0.25) is 11.9 Å². The highest BCUT2D eigenvalue weighted by Gasteiger charge is 2.42. The first-order chi connectivity index (χ1) is 14.7. The maximum Gasteiger partial charge on any atom is 0.335 e. The van der Waals surface area contributed by atoms with Gasteiger partial charge in [-0.1, -0.05) is 0 Å². The number of fused-ring (bicyclic) bond motifs is 1. The van der Waals surface area contributed by atoms with Crippen LogP contribution >= 0.6 is 0 Å². The van der Waals surface area contributed by atoms with E-state index >= 15 is 0 Å². The zero-order valence-electron chi connectivity index (χ0n) is 18.2. The number of nitrogens with zero attached hydrogens (tertiary/aromatic N) is 4. The normalized spacial score (nSPS) is 18.1. The van der Waals surface area contributed by atoms with Crippen LogP contribution < -0.4 is 19.9 Å². The van der Waals surface area contributed by atoms with E-state index in [1.165, 1.54) is 25.7 Å². The van der Waals surface area contributed by atoms with Crippen molar-refractivity contribution in [2.24, 2.45) is 5.41 Å². The molecule has 2 aromatic rings. The largest absolute Gasteiger partial charge is 0.495 e. The number of carbonyl (C=O) groups excluding carboxylic acids is 1. The Balaban J connectivity index is 1.73. The lowest BCUT2D eigenvalue weighted by molar-refractivity contribution is -0.125. The van der Waals surface area contributed by atoms with Crippen LogP contribution in [0.3, 0.4) is 0 Å². The van der Waals surface area contributed by atoms with Crippen molar-refractivity contribution in [3.8, 4) is 5.75 Å². The van der Waals surface area contributed by atoms with Gasteiger partial charge >= 0.3 is 5.97 Å². The molecule has 164 valence electrons. The number of ether oxygens (including phenoxy) is 1. The molecule has 2 N–H and O–H groups in total. The van der Waals surface area contributed by atoms with Crippen LogP contribution in [0.5, 0.6) is 5.75 Å². The smallest absolute Gasteiger partial charge is 0.335 e. The van der Waals surface area contributed by atoms with E-state index in [0.717, 1.165) is 18.7 Å². The van der Waals surface area contributed by atoms with Gasteiger partial charge in [0.05, 0.1) is 30.0 Å². The summed E-state index contributed by atoms with van der Waals surface area (Å²) in [4.78, 5) is 37.3. The van der Waals surface area contributed by atoms with Crippen LogP contribution in [0.15, 0.2) is 24.4 Å². The lowest BCUT2D eigenvalue weighted by atomic mass is 9.87. The second kappa shape index (κ2) is 7.72. The summed E-state index contributed by atoms with van der Waals surface area (Å²) in [5.74, 6) is 0.459. The number of methoxy groups -OCH3 is 1. The Labute approximate surface area is 181 Å². The molecular formula is C22H27N5O4. The average molecular weight is 425 g/mol. The summed E-state index contributed by atoms with van der Waals surface area (Å²) in [7, 11) is 3.24. The van der Waals surface area contributed by atoms with Crippen molar-refractivity contribution in [1.82, 2.24) is 9.97 Å². The molecule has 1 aromatic heterocycles. The summed E-state index contributed by atoms with van der Waals surface area (Å²) in [6.07, 6.45) is 4.98. The minimum absolute atomic E-state index is 0.0332. The van der Waals surface area contributed by atoms with E-state index < -0.39 is 11.4 Å². The summed E-state index contributed by atoms with van der Waals surface area (Å²) in [5.41, 5.74) is 0.820. The maximum atomic E-state index is 13.0. The zero-order valence-corrected chi connectivity index (χ0v) is 18.2. The number of anilines is 4. The van der Waals surface area contributed by atoms with Gasteiger partial charge in [-0.05, 0) is 51.3 Å². The monoisotopic (exact) mass is 425 g/mol. The van der Waals surface area contributed by atoms with Gasteiger partial charge in [-0.15, -0.1) is 0 Å². The molecule has 1 saturated carbocycles. The predicted molar refractivity (Wildman–Crippen MR) is 117 cm³/mol. The number of benzene rings is 1. The molecule has 2 heterocycles. The number of hydrogen-bond acceptors (Lipinski definition) is 7. The van der Waals surface area contributed by atoms with Crippen molar-refractivity contribution in [2.45, 2.75) is 39.2 Å².